The Bertz CT molecular complexity index is 813. The van der Waals surface area contributed by atoms with Crippen molar-refractivity contribution in [3.05, 3.63) is 94.7 Å². The van der Waals surface area contributed by atoms with E-state index in [0.29, 0.717) is 5.57 Å². The SMILES string of the molecule is C#CC(=C\C=C(/CF)C1=CC=C(CCCCC)CC=C1)/C(=C/C=C(\C=C)CC)CC. The van der Waals surface area contributed by atoms with Crippen molar-refractivity contribution >= 4 is 0 Å². The Hall–Kier alpha value is -2.59. The average molecular weight is 405 g/mol. The summed E-state index contributed by atoms with van der Waals surface area (Å²) in [5.74, 6) is 2.76. The third-order valence-electron chi connectivity index (χ3n) is 5.29. The highest BCUT2D eigenvalue weighted by Gasteiger charge is 2.06. The van der Waals surface area contributed by atoms with Crippen LogP contribution in [0.15, 0.2) is 94.7 Å². The second kappa shape index (κ2) is 15.3. The maximum atomic E-state index is 13.8. The Morgan fingerprint density at radius 3 is 2.50 bits per heavy atom. The summed E-state index contributed by atoms with van der Waals surface area (Å²) in [4.78, 5) is 0. The van der Waals surface area contributed by atoms with Crippen molar-refractivity contribution < 1.29 is 4.39 Å². The normalized spacial score (nSPS) is 16.0. The fraction of sp³-hybridized carbons (Fsp3) is 0.379. The van der Waals surface area contributed by atoms with E-state index in [9.17, 15) is 4.39 Å². The minimum absolute atomic E-state index is 0.523. The first-order valence-corrected chi connectivity index (χ1v) is 11.2. The summed E-state index contributed by atoms with van der Waals surface area (Å²) in [5, 5.41) is 0. The molecule has 1 rings (SSSR count). The molecular formula is C29H37F. The summed E-state index contributed by atoms with van der Waals surface area (Å²) in [6, 6.07) is 0. The van der Waals surface area contributed by atoms with Crippen molar-refractivity contribution in [2.24, 2.45) is 0 Å². The van der Waals surface area contributed by atoms with Crippen molar-refractivity contribution in [1.29, 1.82) is 0 Å². The quantitative estimate of drug-likeness (QED) is 0.173. The Kier molecular flexibility index (Phi) is 13.0. The number of hydrogen-bond donors (Lipinski definition) is 0. The molecule has 0 heterocycles. The minimum atomic E-state index is -0.523. The van der Waals surface area contributed by atoms with E-state index in [2.05, 4.69) is 51.5 Å². The van der Waals surface area contributed by atoms with E-state index in [-0.39, 0.29) is 0 Å². The van der Waals surface area contributed by atoms with Crippen molar-refractivity contribution in [3.63, 3.8) is 0 Å². The summed E-state index contributed by atoms with van der Waals surface area (Å²) >= 11 is 0. The second-order valence-electron chi connectivity index (χ2n) is 7.41. The topological polar surface area (TPSA) is 0 Å². The molecule has 0 nitrogen and oxygen atoms in total. The summed E-state index contributed by atoms with van der Waals surface area (Å²) in [5.41, 5.74) is 5.97. The van der Waals surface area contributed by atoms with E-state index >= 15 is 0 Å². The molecule has 0 atom stereocenters. The third-order valence-corrected chi connectivity index (χ3v) is 5.29. The van der Waals surface area contributed by atoms with Gasteiger partial charge < -0.3 is 0 Å². The molecule has 0 bridgehead atoms. The molecule has 0 spiro atoms. The zero-order valence-corrected chi connectivity index (χ0v) is 19.0. The molecule has 0 radical (unpaired) electrons. The van der Waals surface area contributed by atoms with E-state index in [0.717, 1.165) is 48.0 Å². The third kappa shape index (κ3) is 8.83. The molecule has 0 saturated carbocycles. The van der Waals surface area contributed by atoms with Crippen molar-refractivity contribution in [3.8, 4) is 12.3 Å². The first-order chi connectivity index (χ1) is 14.6. The molecule has 0 aromatic heterocycles. The van der Waals surface area contributed by atoms with Crippen LogP contribution in [0.3, 0.4) is 0 Å². The number of unbranched alkanes of at least 4 members (excludes halogenated alkanes) is 2. The number of allylic oxidation sites excluding steroid dienone is 15. The zero-order chi connectivity index (χ0) is 22.2. The van der Waals surface area contributed by atoms with Gasteiger partial charge in [-0.25, -0.2) is 4.39 Å². The van der Waals surface area contributed by atoms with Crippen LogP contribution in [0.2, 0.25) is 0 Å². The van der Waals surface area contributed by atoms with Gasteiger partial charge in [-0.3, -0.25) is 0 Å². The molecular weight excluding hydrogens is 367 g/mol. The Morgan fingerprint density at radius 2 is 1.90 bits per heavy atom. The van der Waals surface area contributed by atoms with Gasteiger partial charge in [0.25, 0.3) is 0 Å². The predicted octanol–water partition coefficient (Wildman–Crippen LogP) is 8.69. The Morgan fingerprint density at radius 1 is 1.10 bits per heavy atom. The highest BCUT2D eigenvalue weighted by Crippen LogP contribution is 2.22. The van der Waals surface area contributed by atoms with E-state index in [1.807, 2.05) is 36.5 Å². The molecule has 1 heteroatoms. The number of hydrogen-bond acceptors (Lipinski definition) is 0. The molecule has 0 amide bonds. The molecule has 0 fully saturated rings. The lowest BCUT2D eigenvalue weighted by Gasteiger charge is -2.05. The van der Waals surface area contributed by atoms with Crippen LogP contribution in [0.1, 0.15) is 65.7 Å². The van der Waals surface area contributed by atoms with E-state index in [4.69, 9.17) is 6.42 Å². The molecule has 0 aromatic carbocycles. The van der Waals surface area contributed by atoms with Gasteiger partial charge in [0.2, 0.25) is 0 Å². The highest BCUT2D eigenvalue weighted by molar-refractivity contribution is 5.51. The van der Waals surface area contributed by atoms with E-state index in [1.165, 1.54) is 24.8 Å². The Labute approximate surface area is 184 Å². The Balaban J connectivity index is 3.13. The first-order valence-electron chi connectivity index (χ1n) is 11.2. The van der Waals surface area contributed by atoms with E-state index < -0.39 is 6.67 Å². The molecule has 30 heavy (non-hydrogen) atoms. The van der Waals surface area contributed by atoms with Gasteiger partial charge in [-0.1, -0.05) is 100 Å². The van der Waals surface area contributed by atoms with Crippen molar-refractivity contribution in [2.45, 2.75) is 65.7 Å². The van der Waals surface area contributed by atoms with Gasteiger partial charge in [-0.15, -0.1) is 6.42 Å². The van der Waals surface area contributed by atoms with Crippen LogP contribution < -0.4 is 0 Å². The standard InChI is InChI=1S/C29H37F/c1-6-11-12-14-25-15-13-16-28(20-18-25)29(23-30)22-21-27(10-5)26(9-4)19-17-24(7-2)8-3/h5,7,13,16-22H,2,6,8-9,11-12,14-15,23H2,1,3-4H3/b24-17+,26-19+,27-21+,29-22+. The fourth-order valence-electron chi connectivity index (χ4n) is 3.26. The predicted molar refractivity (Wildman–Crippen MR) is 132 cm³/mol. The molecule has 1 aliphatic rings. The first kappa shape index (κ1) is 25.4. The van der Waals surface area contributed by atoms with E-state index in [1.54, 1.807) is 0 Å². The van der Waals surface area contributed by atoms with Gasteiger partial charge in [0, 0.05) is 5.57 Å². The molecule has 160 valence electrons. The fourth-order valence-corrected chi connectivity index (χ4v) is 3.26. The zero-order valence-electron chi connectivity index (χ0n) is 19.0. The minimum Gasteiger partial charge on any atom is -0.246 e. The van der Waals surface area contributed by atoms with Gasteiger partial charge in [0.15, 0.2) is 0 Å². The molecule has 0 N–H and O–H groups in total. The number of terminal acetylenes is 1. The maximum absolute atomic E-state index is 13.8. The molecule has 0 saturated heterocycles. The molecule has 0 aliphatic heterocycles. The summed E-state index contributed by atoms with van der Waals surface area (Å²) in [6.07, 6.45) is 31.2. The lowest BCUT2D eigenvalue weighted by molar-refractivity contribution is 0.547. The summed E-state index contributed by atoms with van der Waals surface area (Å²) in [6.45, 7) is 9.70. The van der Waals surface area contributed by atoms with Gasteiger partial charge in [-0.2, -0.15) is 0 Å². The van der Waals surface area contributed by atoms with Crippen LogP contribution in [0.5, 0.6) is 0 Å². The molecule has 0 aromatic rings. The van der Waals surface area contributed by atoms with Crippen molar-refractivity contribution in [1.82, 2.24) is 0 Å². The monoisotopic (exact) mass is 404 g/mol. The highest BCUT2D eigenvalue weighted by atomic mass is 19.1. The van der Waals surface area contributed by atoms with Gasteiger partial charge in [-0.05, 0) is 60.5 Å². The van der Waals surface area contributed by atoms with Crippen LogP contribution in [-0.4, -0.2) is 6.67 Å². The number of rotatable bonds is 12. The summed E-state index contributed by atoms with van der Waals surface area (Å²) < 4.78 is 13.8. The van der Waals surface area contributed by atoms with Crippen LogP contribution in [0.4, 0.5) is 4.39 Å². The van der Waals surface area contributed by atoms with Crippen LogP contribution in [0.25, 0.3) is 0 Å². The number of halogens is 1. The largest absolute Gasteiger partial charge is 0.246 e. The van der Waals surface area contributed by atoms with Gasteiger partial charge in [0.05, 0.1) is 0 Å². The smallest absolute Gasteiger partial charge is 0.115 e. The maximum Gasteiger partial charge on any atom is 0.115 e. The van der Waals surface area contributed by atoms with Gasteiger partial charge >= 0.3 is 0 Å². The molecule has 1 aliphatic carbocycles. The number of alkyl halides is 1. The lowest BCUT2D eigenvalue weighted by atomic mass is 10.00. The van der Waals surface area contributed by atoms with Crippen LogP contribution in [0, 0.1) is 12.3 Å². The average Bonchev–Trinajstić information content (AvgIpc) is 3.01. The summed E-state index contributed by atoms with van der Waals surface area (Å²) in [7, 11) is 0. The second-order valence-corrected chi connectivity index (χ2v) is 7.41. The molecule has 0 unspecified atom stereocenters. The van der Waals surface area contributed by atoms with Gasteiger partial charge in [0.1, 0.15) is 6.67 Å². The van der Waals surface area contributed by atoms with Crippen LogP contribution in [-0.2, 0) is 0 Å². The van der Waals surface area contributed by atoms with Crippen molar-refractivity contribution in [2.75, 3.05) is 6.67 Å². The lowest BCUT2D eigenvalue weighted by Crippen LogP contribution is -1.91. The van der Waals surface area contributed by atoms with Crippen LogP contribution >= 0.6 is 0 Å².